The van der Waals surface area contributed by atoms with Gasteiger partial charge in [0.2, 0.25) is 0 Å². The number of hydrogen-bond donors (Lipinski definition) is 1. The van der Waals surface area contributed by atoms with Crippen LogP contribution in [0.5, 0.6) is 5.75 Å². The number of hydrogen-bond acceptors (Lipinski definition) is 2. The van der Waals surface area contributed by atoms with Crippen molar-refractivity contribution in [3.63, 3.8) is 0 Å². The van der Waals surface area contributed by atoms with Crippen LogP contribution >= 0.6 is 15.9 Å². The van der Waals surface area contributed by atoms with Crippen molar-refractivity contribution in [3.05, 3.63) is 28.2 Å². The Bertz CT molecular complexity index is 404. The van der Waals surface area contributed by atoms with Crippen molar-refractivity contribution in [2.75, 3.05) is 13.7 Å². The molecule has 1 unspecified atom stereocenters. The third kappa shape index (κ3) is 3.96. The van der Waals surface area contributed by atoms with Gasteiger partial charge in [0.1, 0.15) is 5.75 Å². The first-order valence-corrected chi connectivity index (χ1v) is 8.10. The number of halogens is 1. The van der Waals surface area contributed by atoms with E-state index >= 15 is 0 Å². The van der Waals surface area contributed by atoms with E-state index in [9.17, 15) is 0 Å². The topological polar surface area (TPSA) is 21.3 Å². The van der Waals surface area contributed by atoms with Crippen molar-refractivity contribution in [2.24, 2.45) is 5.92 Å². The minimum atomic E-state index is 0.479. The summed E-state index contributed by atoms with van der Waals surface area (Å²) >= 11 is 3.59. The summed E-state index contributed by atoms with van der Waals surface area (Å²) in [5.41, 5.74) is 1.37. The zero-order chi connectivity index (χ0) is 13.7. The highest BCUT2D eigenvalue weighted by atomic mass is 79.9. The minimum absolute atomic E-state index is 0.479. The standard InChI is InChI=1S/C16H24BrNO/c1-3-9-18-15(10-12-5-4-6-12)13-7-8-16(19-2)14(17)11-13/h7-8,11-12,15,18H,3-6,9-10H2,1-2H3. The van der Waals surface area contributed by atoms with Gasteiger partial charge in [-0.3, -0.25) is 0 Å². The molecular weight excluding hydrogens is 302 g/mol. The van der Waals surface area contributed by atoms with Crippen molar-refractivity contribution in [2.45, 2.75) is 45.1 Å². The molecule has 0 heterocycles. The summed E-state index contributed by atoms with van der Waals surface area (Å²) in [5.74, 6) is 1.82. The van der Waals surface area contributed by atoms with E-state index < -0.39 is 0 Å². The average Bonchev–Trinajstić information content (AvgIpc) is 2.37. The maximum absolute atomic E-state index is 5.31. The Morgan fingerprint density at radius 3 is 2.74 bits per heavy atom. The molecule has 19 heavy (non-hydrogen) atoms. The SMILES string of the molecule is CCCNC(CC1CCC1)c1ccc(OC)c(Br)c1. The van der Waals surface area contributed by atoms with Gasteiger partial charge in [0, 0.05) is 6.04 Å². The smallest absolute Gasteiger partial charge is 0.133 e. The number of rotatable bonds is 7. The summed E-state index contributed by atoms with van der Waals surface area (Å²) < 4.78 is 6.35. The Morgan fingerprint density at radius 2 is 2.21 bits per heavy atom. The quantitative estimate of drug-likeness (QED) is 0.785. The van der Waals surface area contributed by atoms with Crippen LogP contribution in [-0.2, 0) is 0 Å². The molecule has 0 amide bonds. The van der Waals surface area contributed by atoms with Crippen molar-refractivity contribution >= 4 is 15.9 Å². The lowest BCUT2D eigenvalue weighted by molar-refractivity contribution is 0.261. The Morgan fingerprint density at radius 1 is 1.42 bits per heavy atom. The molecule has 0 spiro atoms. The van der Waals surface area contributed by atoms with Gasteiger partial charge in [0.15, 0.2) is 0 Å². The van der Waals surface area contributed by atoms with E-state index in [1.54, 1.807) is 7.11 Å². The highest BCUT2D eigenvalue weighted by Gasteiger charge is 2.23. The molecule has 2 nitrogen and oxygen atoms in total. The van der Waals surface area contributed by atoms with Gasteiger partial charge in [0.05, 0.1) is 11.6 Å². The van der Waals surface area contributed by atoms with Crippen molar-refractivity contribution in [1.29, 1.82) is 0 Å². The van der Waals surface area contributed by atoms with Gasteiger partial charge in [-0.25, -0.2) is 0 Å². The van der Waals surface area contributed by atoms with Crippen molar-refractivity contribution in [3.8, 4) is 5.75 Å². The van der Waals surface area contributed by atoms with Gasteiger partial charge in [0.25, 0.3) is 0 Å². The monoisotopic (exact) mass is 325 g/mol. The maximum atomic E-state index is 5.31. The molecule has 0 aromatic heterocycles. The third-order valence-electron chi connectivity index (χ3n) is 4.01. The maximum Gasteiger partial charge on any atom is 0.133 e. The van der Waals surface area contributed by atoms with E-state index in [0.29, 0.717) is 6.04 Å². The summed E-state index contributed by atoms with van der Waals surface area (Å²) in [6, 6.07) is 6.92. The molecule has 0 radical (unpaired) electrons. The Hall–Kier alpha value is -0.540. The Kier molecular flexibility index (Phi) is 5.71. The molecule has 1 aromatic rings. The fourth-order valence-corrected chi connectivity index (χ4v) is 3.18. The largest absolute Gasteiger partial charge is 0.496 e. The predicted molar refractivity (Wildman–Crippen MR) is 83.7 cm³/mol. The van der Waals surface area contributed by atoms with Crippen LogP contribution in [0.1, 0.15) is 50.6 Å². The Labute approximate surface area is 125 Å². The van der Waals surface area contributed by atoms with E-state index in [1.807, 2.05) is 0 Å². The molecule has 1 aromatic carbocycles. The molecule has 1 N–H and O–H groups in total. The molecule has 1 saturated carbocycles. The van der Waals surface area contributed by atoms with Crippen LogP contribution in [0.3, 0.4) is 0 Å². The van der Waals surface area contributed by atoms with Gasteiger partial charge >= 0.3 is 0 Å². The number of methoxy groups -OCH3 is 1. The average molecular weight is 326 g/mol. The predicted octanol–water partition coefficient (Wildman–Crippen LogP) is 4.69. The van der Waals surface area contributed by atoms with Gasteiger partial charge in [-0.15, -0.1) is 0 Å². The van der Waals surface area contributed by atoms with Gasteiger partial charge < -0.3 is 10.1 Å². The normalized spacial score (nSPS) is 17.0. The molecule has 3 heteroatoms. The lowest BCUT2D eigenvalue weighted by Gasteiger charge is -2.30. The van der Waals surface area contributed by atoms with Crippen LogP contribution < -0.4 is 10.1 Å². The number of benzene rings is 1. The first-order chi connectivity index (χ1) is 9.24. The van der Waals surface area contributed by atoms with E-state index in [2.05, 4.69) is 46.4 Å². The van der Waals surface area contributed by atoms with Crippen molar-refractivity contribution < 1.29 is 4.74 Å². The number of ether oxygens (including phenoxy) is 1. The summed E-state index contributed by atoms with van der Waals surface area (Å²) in [7, 11) is 1.71. The molecule has 0 aliphatic heterocycles. The lowest BCUT2D eigenvalue weighted by atomic mass is 9.79. The zero-order valence-corrected chi connectivity index (χ0v) is 13.5. The van der Waals surface area contributed by atoms with Crippen LogP contribution in [0.2, 0.25) is 0 Å². The van der Waals surface area contributed by atoms with Gasteiger partial charge in [-0.1, -0.05) is 32.3 Å². The molecular formula is C16H24BrNO. The summed E-state index contributed by atoms with van der Waals surface area (Å²) in [6.07, 6.45) is 6.66. The van der Waals surface area contributed by atoms with Crippen LogP contribution in [0.25, 0.3) is 0 Å². The summed E-state index contributed by atoms with van der Waals surface area (Å²) in [4.78, 5) is 0. The first-order valence-electron chi connectivity index (χ1n) is 7.31. The third-order valence-corrected chi connectivity index (χ3v) is 4.63. The van der Waals surface area contributed by atoms with Gasteiger partial charge in [-0.2, -0.15) is 0 Å². The molecule has 106 valence electrons. The molecule has 0 bridgehead atoms. The summed E-state index contributed by atoms with van der Waals surface area (Å²) in [6.45, 7) is 3.30. The first kappa shape index (κ1) is 14.9. The lowest BCUT2D eigenvalue weighted by Crippen LogP contribution is -2.26. The molecule has 1 aliphatic rings. The second kappa shape index (κ2) is 7.30. The second-order valence-corrected chi connectivity index (χ2v) is 6.29. The van der Waals surface area contributed by atoms with Crippen LogP contribution in [0, 0.1) is 5.92 Å². The van der Waals surface area contributed by atoms with Gasteiger partial charge in [-0.05, 0) is 58.9 Å². The second-order valence-electron chi connectivity index (χ2n) is 5.43. The number of nitrogens with one attached hydrogen (secondary N) is 1. The minimum Gasteiger partial charge on any atom is -0.496 e. The van der Waals surface area contributed by atoms with Crippen LogP contribution in [-0.4, -0.2) is 13.7 Å². The fourth-order valence-electron chi connectivity index (χ4n) is 2.62. The van der Waals surface area contributed by atoms with E-state index in [-0.39, 0.29) is 0 Å². The fraction of sp³-hybridized carbons (Fsp3) is 0.625. The molecule has 1 atom stereocenters. The van der Waals surface area contributed by atoms with Crippen molar-refractivity contribution in [1.82, 2.24) is 5.32 Å². The molecule has 1 fully saturated rings. The molecule has 1 aliphatic carbocycles. The molecule has 0 saturated heterocycles. The van der Waals surface area contributed by atoms with E-state index in [1.165, 1.54) is 37.7 Å². The zero-order valence-electron chi connectivity index (χ0n) is 11.9. The van der Waals surface area contributed by atoms with Crippen LogP contribution in [0.4, 0.5) is 0 Å². The highest BCUT2D eigenvalue weighted by Crippen LogP contribution is 2.36. The van der Waals surface area contributed by atoms with E-state index in [0.717, 1.165) is 22.7 Å². The van der Waals surface area contributed by atoms with E-state index in [4.69, 9.17) is 4.74 Å². The van der Waals surface area contributed by atoms with Crippen LogP contribution in [0.15, 0.2) is 22.7 Å². The Balaban J connectivity index is 2.08. The molecule has 2 rings (SSSR count). The highest BCUT2D eigenvalue weighted by molar-refractivity contribution is 9.10. The summed E-state index contributed by atoms with van der Waals surface area (Å²) in [5, 5.41) is 3.69.